The van der Waals surface area contributed by atoms with Gasteiger partial charge in [0.1, 0.15) is 35.7 Å². The van der Waals surface area contributed by atoms with E-state index in [2.05, 4.69) is 30.9 Å². The number of aromatic hydroxyl groups is 2. The van der Waals surface area contributed by atoms with Crippen LogP contribution in [0.5, 0.6) is 23.0 Å². The van der Waals surface area contributed by atoms with Crippen LogP contribution < -0.4 is 9.47 Å². The second-order valence-electron chi connectivity index (χ2n) is 9.40. The van der Waals surface area contributed by atoms with E-state index in [0.717, 1.165) is 46.5 Å². The van der Waals surface area contributed by atoms with Crippen LogP contribution >= 0.6 is 11.8 Å². The van der Waals surface area contributed by atoms with E-state index in [-0.39, 0.29) is 22.9 Å². The van der Waals surface area contributed by atoms with E-state index in [1.807, 2.05) is 30.3 Å². The highest BCUT2D eigenvalue weighted by Gasteiger charge is 2.33. The van der Waals surface area contributed by atoms with Gasteiger partial charge in [0.15, 0.2) is 0 Å². The topological polar surface area (TPSA) is 62.2 Å². The van der Waals surface area contributed by atoms with Crippen molar-refractivity contribution < 1.29 is 19.7 Å². The van der Waals surface area contributed by atoms with E-state index in [4.69, 9.17) is 9.47 Å². The van der Waals surface area contributed by atoms with Gasteiger partial charge in [-0.1, -0.05) is 31.2 Å². The summed E-state index contributed by atoms with van der Waals surface area (Å²) in [5, 5.41) is 19.7. The Morgan fingerprint density at radius 1 is 0.941 bits per heavy atom. The van der Waals surface area contributed by atoms with Gasteiger partial charge < -0.3 is 19.7 Å². The van der Waals surface area contributed by atoms with Gasteiger partial charge in [-0.2, -0.15) is 0 Å². The van der Waals surface area contributed by atoms with E-state index in [1.54, 1.807) is 36.0 Å². The fraction of sp³-hybridized carbons (Fsp3) is 0.357. The third kappa shape index (κ3) is 4.98. The van der Waals surface area contributed by atoms with Crippen LogP contribution in [-0.2, 0) is 0 Å². The van der Waals surface area contributed by atoms with Crippen LogP contribution in [0.4, 0.5) is 0 Å². The van der Waals surface area contributed by atoms with Crippen LogP contribution in [-0.4, -0.2) is 40.9 Å². The SMILES string of the molecule is C[C@@H]1C[C@H](C)N(CCOc2ccc([C@@H]3Oc4ccc(O)cc4S[C@@H]3c3ccc(O)cc3)cc2)C1. The van der Waals surface area contributed by atoms with Gasteiger partial charge in [-0.25, -0.2) is 0 Å². The maximum atomic E-state index is 9.94. The molecule has 2 heterocycles. The van der Waals surface area contributed by atoms with Gasteiger partial charge in [0.05, 0.1) is 10.1 Å². The van der Waals surface area contributed by atoms with E-state index < -0.39 is 0 Å². The van der Waals surface area contributed by atoms with Gasteiger partial charge >= 0.3 is 0 Å². The average Bonchev–Trinajstić information content (AvgIpc) is 3.16. The Kier molecular flexibility index (Phi) is 6.61. The molecule has 0 aromatic heterocycles. The first-order chi connectivity index (χ1) is 16.5. The van der Waals surface area contributed by atoms with Gasteiger partial charge in [-0.15, -0.1) is 11.8 Å². The summed E-state index contributed by atoms with van der Waals surface area (Å²) < 4.78 is 12.5. The molecule has 2 aliphatic heterocycles. The third-order valence-corrected chi connectivity index (χ3v) is 8.05. The summed E-state index contributed by atoms with van der Waals surface area (Å²) in [6.07, 6.45) is 1.05. The van der Waals surface area contributed by atoms with Gasteiger partial charge in [0.2, 0.25) is 0 Å². The molecule has 0 aliphatic carbocycles. The zero-order valence-electron chi connectivity index (χ0n) is 19.6. The molecule has 2 N–H and O–H groups in total. The first-order valence-electron chi connectivity index (χ1n) is 11.9. The second kappa shape index (κ2) is 9.80. The van der Waals surface area contributed by atoms with Gasteiger partial charge in [-0.3, -0.25) is 4.90 Å². The molecule has 0 unspecified atom stereocenters. The molecule has 0 saturated carbocycles. The molecule has 3 aromatic rings. The van der Waals surface area contributed by atoms with Crippen molar-refractivity contribution in [2.24, 2.45) is 5.92 Å². The minimum Gasteiger partial charge on any atom is -0.508 e. The lowest BCUT2D eigenvalue weighted by Gasteiger charge is -2.34. The molecule has 178 valence electrons. The molecular weight excluding hydrogens is 446 g/mol. The van der Waals surface area contributed by atoms with Crippen LogP contribution in [0.2, 0.25) is 0 Å². The number of nitrogens with zero attached hydrogens (tertiary/aromatic N) is 1. The molecule has 0 radical (unpaired) electrons. The second-order valence-corrected chi connectivity index (χ2v) is 10.6. The van der Waals surface area contributed by atoms with Crippen molar-refractivity contribution in [2.75, 3.05) is 19.7 Å². The molecule has 1 saturated heterocycles. The highest BCUT2D eigenvalue weighted by atomic mass is 32.2. The third-order valence-electron chi connectivity index (χ3n) is 6.70. The minimum atomic E-state index is -0.215. The summed E-state index contributed by atoms with van der Waals surface area (Å²) >= 11 is 1.66. The number of likely N-dealkylation sites (tertiary alicyclic amines) is 1. The predicted octanol–water partition coefficient (Wildman–Crippen LogP) is 6.17. The fourth-order valence-electron chi connectivity index (χ4n) is 4.97. The summed E-state index contributed by atoms with van der Waals surface area (Å²) in [5.74, 6) is 2.84. The Balaban J connectivity index is 1.32. The fourth-order valence-corrected chi connectivity index (χ4v) is 6.29. The molecule has 1 fully saturated rings. The van der Waals surface area contributed by atoms with Crippen molar-refractivity contribution in [3.05, 3.63) is 77.9 Å². The summed E-state index contributed by atoms with van der Waals surface area (Å²) in [4.78, 5) is 3.41. The Labute approximate surface area is 205 Å². The van der Waals surface area contributed by atoms with E-state index in [9.17, 15) is 10.2 Å². The van der Waals surface area contributed by atoms with Crippen LogP contribution in [0.15, 0.2) is 71.6 Å². The number of thioether (sulfide) groups is 1. The molecule has 0 spiro atoms. The number of fused-ring (bicyclic) bond motifs is 1. The number of phenolic OH excluding ortho intramolecular Hbond substituents is 2. The maximum Gasteiger partial charge on any atom is 0.140 e. The molecule has 0 bridgehead atoms. The summed E-state index contributed by atoms with van der Waals surface area (Å²) in [6, 6.07) is 21.2. The molecule has 5 nitrogen and oxygen atoms in total. The van der Waals surface area contributed by atoms with Crippen molar-refractivity contribution in [3.8, 4) is 23.0 Å². The minimum absolute atomic E-state index is 0.0275. The van der Waals surface area contributed by atoms with Crippen molar-refractivity contribution >= 4 is 11.8 Å². The molecule has 4 atom stereocenters. The van der Waals surface area contributed by atoms with Gasteiger partial charge in [0, 0.05) is 19.1 Å². The lowest BCUT2D eigenvalue weighted by Crippen LogP contribution is -2.31. The van der Waals surface area contributed by atoms with Crippen molar-refractivity contribution in [1.29, 1.82) is 0 Å². The van der Waals surface area contributed by atoms with Crippen LogP contribution in [0, 0.1) is 5.92 Å². The van der Waals surface area contributed by atoms with E-state index in [0.29, 0.717) is 12.6 Å². The standard InChI is InChI=1S/C28H31NO4S/c1-18-15-19(2)29(17-18)13-14-32-24-10-5-20(6-11-24)27-28(21-3-7-22(30)8-4-21)34-26-16-23(31)9-12-25(26)33-27/h3-12,16,18-19,27-28,30-31H,13-15,17H2,1-2H3/t18-,19+,27+,28-/m1/s1. The molecule has 6 heteroatoms. The van der Waals surface area contributed by atoms with Gasteiger partial charge in [-0.05, 0) is 72.9 Å². The first-order valence-corrected chi connectivity index (χ1v) is 12.8. The zero-order valence-corrected chi connectivity index (χ0v) is 20.4. The summed E-state index contributed by atoms with van der Waals surface area (Å²) in [6.45, 7) is 7.39. The maximum absolute atomic E-state index is 9.94. The first kappa shape index (κ1) is 22.9. The largest absolute Gasteiger partial charge is 0.508 e. The van der Waals surface area contributed by atoms with Gasteiger partial charge in [0.25, 0.3) is 0 Å². The van der Waals surface area contributed by atoms with Crippen LogP contribution in [0.1, 0.15) is 42.7 Å². The molecule has 0 amide bonds. The number of ether oxygens (including phenoxy) is 2. The van der Waals surface area contributed by atoms with Crippen molar-refractivity contribution in [1.82, 2.24) is 4.90 Å². The van der Waals surface area contributed by atoms with Crippen LogP contribution in [0.25, 0.3) is 0 Å². The Hall–Kier alpha value is -2.83. The predicted molar refractivity (Wildman–Crippen MR) is 135 cm³/mol. The quantitative estimate of drug-likeness (QED) is 0.442. The lowest BCUT2D eigenvalue weighted by molar-refractivity contribution is 0.190. The van der Waals surface area contributed by atoms with Crippen molar-refractivity contribution in [3.63, 3.8) is 0 Å². The molecule has 3 aromatic carbocycles. The monoisotopic (exact) mass is 477 g/mol. The van der Waals surface area contributed by atoms with E-state index in [1.165, 1.54) is 6.42 Å². The van der Waals surface area contributed by atoms with E-state index >= 15 is 0 Å². The zero-order chi connectivity index (χ0) is 23.7. The molecule has 5 rings (SSSR count). The smallest absolute Gasteiger partial charge is 0.140 e. The molecule has 2 aliphatic rings. The Morgan fingerprint density at radius 2 is 1.65 bits per heavy atom. The van der Waals surface area contributed by atoms with Crippen LogP contribution in [0.3, 0.4) is 0 Å². The highest BCUT2D eigenvalue weighted by molar-refractivity contribution is 7.99. The summed E-state index contributed by atoms with van der Waals surface area (Å²) in [5.41, 5.74) is 2.11. The number of phenols is 2. The molecule has 34 heavy (non-hydrogen) atoms. The number of hydrogen-bond acceptors (Lipinski definition) is 6. The number of rotatable bonds is 6. The number of hydrogen-bond donors (Lipinski definition) is 2. The van der Waals surface area contributed by atoms with Crippen molar-refractivity contribution in [2.45, 2.75) is 42.6 Å². The Morgan fingerprint density at radius 3 is 2.35 bits per heavy atom. The Bertz CT molecular complexity index is 1120. The average molecular weight is 478 g/mol. The molecular formula is C28H31NO4S. The lowest BCUT2D eigenvalue weighted by atomic mass is 10.00. The summed E-state index contributed by atoms with van der Waals surface area (Å²) in [7, 11) is 0. The number of benzene rings is 3. The normalized spacial score (nSPS) is 24.4. The highest BCUT2D eigenvalue weighted by Crippen LogP contribution is 2.54.